The predicted octanol–water partition coefficient (Wildman–Crippen LogP) is 2.15. The molecule has 3 heteroatoms. The highest BCUT2D eigenvalue weighted by Gasteiger charge is 2.26. The fraction of sp³-hybridized carbons (Fsp3) is 0.182. The van der Waals surface area contributed by atoms with Gasteiger partial charge in [-0.05, 0) is 6.07 Å². The van der Waals surface area contributed by atoms with Crippen molar-refractivity contribution in [3.05, 3.63) is 42.1 Å². The molecular weight excluding hydrogens is 176 g/mol. The minimum Gasteiger partial charge on any atom is -0.366 e. The van der Waals surface area contributed by atoms with E-state index in [1.807, 2.05) is 36.4 Å². The van der Waals surface area contributed by atoms with Gasteiger partial charge in [0.05, 0.1) is 18.0 Å². The summed E-state index contributed by atoms with van der Waals surface area (Å²) < 4.78 is 5.17. The maximum atomic E-state index is 5.17. The molecule has 1 aromatic carbocycles. The molecule has 1 aliphatic rings. The summed E-state index contributed by atoms with van der Waals surface area (Å²) in [7, 11) is 0. The lowest BCUT2D eigenvalue weighted by molar-refractivity contribution is 0.411. The van der Waals surface area contributed by atoms with Gasteiger partial charge in [-0.15, -0.1) is 0 Å². The summed E-state index contributed by atoms with van der Waals surface area (Å²) >= 11 is 0. The largest absolute Gasteiger partial charge is 0.366 e. The molecule has 0 aliphatic carbocycles. The van der Waals surface area contributed by atoms with Crippen LogP contribution in [0.1, 0.15) is 11.8 Å². The third-order valence-electron chi connectivity index (χ3n) is 2.35. The number of aromatic amines is 1. The van der Waals surface area contributed by atoms with Crippen molar-refractivity contribution in [2.24, 2.45) is 0 Å². The fourth-order valence-corrected chi connectivity index (χ4v) is 1.49. The Balaban J connectivity index is 1.96. The third-order valence-corrected chi connectivity index (χ3v) is 2.35. The number of ether oxygens (including phenoxy) is 1. The van der Waals surface area contributed by atoms with Gasteiger partial charge < -0.3 is 4.74 Å². The average Bonchev–Trinajstić information content (AvgIpc) is 2.98. The maximum absolute atomic E-state index is 5.17. The Hall–Kier alpha value is -1.61. The molecule has 1 fully saturated rings. The number of nitrogens with zero attached hydrogens (tertiary/aromatic N) is 1. The van der Waals surface area contributed by atoms with Crippen molar-refractivity contribution in [1.82, 2.24) is 10.2 Å². The van der Waals surface area contributed by atoms with E-state index < -0.39 is 0 Å². The van der Waals surface area contributed by atoms with Crippen LogP contribution in [0.3, 0.4) is 0 Å². The second-order valence-electron chi connectivity index (χ2n) is 3.40. The lowest BCUT2D eigenvalue weighted by Gasteiger charge is -1.92. The minimum absolute atomic E-state index is 0.250. The van der Waals surface area contributed by atoms with Crippen LogP contribution in [0.25, 0.3) is 11.3 Å². The first-order valence-corrected chi connectivity index (χ1v) is 4.66. The summed E-state index contributed by atoms with van der Waals surface area (Å²) in [6, 6.07) is 12.2. The van der Waals surface area contributed by atoms with Crippen LogP contribution < -0.4 is 0 Å². The van der Waals surface area contributed by atoms with Crippen molar-refractivity contribution in [2.75, 3.05) is 6.61 Å². The van der Waals surface area contributed by atoms with Gasteiger partial charge in [0, 0.05) is 5.56 Å². The van der Waals surface area contributed by atoms with Gasteiger partial charge in [0.1, 0.15) is 6.10 Å². The summed E-state index contributed by atoms with van der Waals surface area (Å²) in [6.45, 7) is 0.816. The fourth-order valence-electron chi connectivity index (χ4n) is 1.49. The van der Waals surface area contributed by atoms with Crippen molar-refractivity contribution >= 4 is 0 Å². The van der Waals surface area contributed by atoms with Crippen molar-refractivity contribution < 1.29 is 4.74 Å². The molecule has 0 spiro atoms. The second-order valence-corrected chi connectivity index (χ2v) is 3.40. The highest BCUT2D eigenvalue weighted by atomic mass is 16.6. The highest BCUT2D eigenvalue weighted by molar-refractivity contribution is 5.59. The zero-order chi connectivity index (χ0) is 9.38. The van der Waals surface area contributed by atoms with E-state index >= 15 is 0 Å². The Bertz CT molecular complexity index is 432. The van der Waals surface area contributed by atoms with Crippen LogP contribution in [-0.2, 0) is 4.74 Å². The molecule has 1 unspecified atom stereocenters. The van der Waals surface area contributed by atoms with Gasteiger partial charge in [-0.3, -0.25) is 5.10 Å². The summed E-state index contributed by atoms with van der Waals surface area (Å²) in [6.07, 6.45) is 0.250. The van der Waals surface area contributed by atoms with Gasteiger partial charge in [-0.25, -0.2) is 0 Å². The number of benzene rings is 1. The number of epoxide rings is 1. The van der Waals surface area contributed by atoms with E-state index in [0.717, 1.165) is 23.6 Å². The molecule has 3 rings (SSSR count). The molecule has 3 nitrogen and oxygen atoms in total. The van der Waals surface area contributed by atoms with E-state index in [2.05, 4.69) is 10.2 Å². The first kappa shape index (κ1) is 7.76. The van der Waals surface area contributed by atoms with E-state index in [0.29, 0.717) is 0 Å². The molecule has 2 heterocycles. The third kappa shape index (κ3) is 1.32. The molecule has 0 bridgehead atoms. The van der Waals surface area contributed by atoms with E-state index in [4.69, 9.17) is 4.74 Å². The van der Waals surface area contributed by atoms with E-state index in [1.165, 1.54) is 0 Å². The second kappa shape index (κ2) is 2.96. The van der Waals surface area contributed by atoms with Gasteiger partial charge in [0.15, 0.2) is 0 Å². The molecule has 1 saturated heterocycles. The Labute approximate surface area is 81.7 Å². The predicted molar refractivity (Wildman–Crippen MR) is 52.7 cm³/mol. The number of hydrogen-bond donors (Lipinski definition) is 1. The average molecular weight is 186 g/mol. The van der Waals surface area contributed by atoms with Crippen LogP contribution in [0, 0.1) is 0 Å². The Morgan fingerprint density at radius 2 is 2.07 bits per heavy atom. The SMILES string of the molecule is c1ccc(-c2cc(C3CO3)[nH]n2)cc1. The summed E-state index contributed by atoms with van der Waals surface area (Å²) in [5.74, 6) is 0. The number of aromatic nitrogens is 2. The standard InChI is InChI=1S/C11H10N2O/c1-2-4-8(5-3-1)9-6-10(13-12-9)11-7-14-11/h1-6,11H,7H2,(H,12,13). The van der Waals surface area contributed by atoms with Gasteiger partial charge in [0.2, 0.25) is 0 Å². The van der Waals surface area contributed by atoms with E-state index in [9.17, 15) is 0 Å². The molecule has 0 amide bonds. The van der Waals surface area contributed by atoms with Crippen LogP contribution in [-0.4, -0.2) is 16.8 Å². The van der Waals surface area contributed by atoms with Crippen LogP contribution in [0.5, 0.6) is 0 Å². The molecule has 70 valence electrons. The molecule has 2 aromatic rings. The van der Waals surface area contributed by atoms with E-state index in [-0.39, 0.29) is 6.10 Å². The van der Waals surface area contributed by atoms with Crippen LogP contribution in [0.4, 0.5) is 0 Å². The summed E-state index contributed by atoms with van der Waals surface area (Å²) in [4.78, 5) is 0. The smallest absolute Gasteiger partial charge is 0.122 e. The number of H-pyrrole nitrogens is 1. The quantitative estimate of drug-likeness (QED) is 0.730. The number of rotatable bonds is 2. The Morgan fingerprint density at radius 1 is 1.29 bits per heavy atom. The zero-order valence-corrected chi connectivity index (χ0v) is 7.60. The summed E-state index contributed by atoms with van der Waals surface area (Å²) in [5.41, 5.74) is 3.19. The van der Waals surface area contributed by atoms with Crippen LogP contribution >= 0.6 is 0 Å². The zero-order valence-electron chi connectivity index (χ0n) is 7.60. The number of hydrogen-bond acceptors (Lipinski definition) is 2. The minimum atomic E-state index is 0.250. The van der Waals surface area contributed by atoms with E-state index in [1.54, 1.807) is 0 Å². The Morgan fingerprint density at radius 3 is 2.79 bits per heavy atom. The normalized spacial score (nSPS) is 19.6. The van der Waals surface area contributed by atoms with Crippen LogP contribution in [0.15, 0.2) is 36.4 Å². The van der Waals surface area contributed by atoms with Gasteiger partial charge in [-0.2, -0.15) is 5.10 Å². The molecule has 0 saturated carbocycles. The van der Waals surface area contributed by atoms with Gasteiger partial charge in [0.25, 0.3) is 0 Å². The first-order chi connectivity index (χ1) is 6.93. The highest BCUT2D eigenvalue weighted by Crippen LogP contribution is 2.30. The van der Waals surface area contributed by atoms with Crippen LogP contribution in [0.2, 0.25) is 0 Å². The Kier molecular flexibility index (Phi) is 1.64. The molecule has 1 aromatic heterocycles. The van der Waals surface area contributed by atoms with Gasteiger partial charge >= 0.3 is 0 Å². The van der Waals surface area contributed by atoms with Crippen molar-refractivity contribution in [2.45, 2.75) is 6.10 Å². The molecular formula is C11H10N2O. The van der Waals surface area contributed by atoms with Crippen molar-refractivity contribution in [1.29, 1.82) is 0 Å². The molecule has 0 radical (unpaired) electrons. The first-order valence-electron chi connectivity index (χ1n) is 4.66. The van der Waals surface area contributed by atoms with Crippen molar-refractivity contribution in [3.8, 4) is 11.3 Å². The number of nitrogens with one attached hydrogen (secondary N) is 1. The molecule has 14 heavy (non-hydrogen) atoms. The molecule has 1 aliphatic heterocycles. The maximum Gasteiger partial charge on any atom is 0.122 e. The lowest BCUT2D eigenvalue weighted by atomic mass is 10.1. The molecule has 1 N–H and O–H groups in total. The molecule has 1 atom stereocenters. The monoisotopic (exact) mass is 186 g/mol. The lowest BCUT2D eigenvalue weighted by Crippen LogP contribution is -1.77. The summed E-state index contributed by atoms with van der Waals surface area (Å²) in [5, 5.41) is 7.23. The topological polar surface area (TPSA) is 41.2 Å². The van der Waals surface area contributed by atoms with Gasteiger partial charge in [-0.1, -0.05) is 30.3 Å². The van der Waals surface area contributed by atoms with Crippen molar-refractivity contribution in [3.63, 3.8) is 0 Å².